The van der Waals surface area contributed by atoms with Crippen molar-refractivity contribution in [2.45, 2.75) is 53.4 Å². The van der Waals surface area contributed by atoms with Gasteiger partial charge in [0.25, 0.3) is 10.0 Å². The summed E-state index contributed by atoms with van der Waals surface area (Å²) in [6.07, 6.45) is 10.3. The molecule has 0 heterocycles. The Morgan fingerprint density at radius 3 is 2.33 bits per heavy atom. The lowest BCUT2D eigenvalue weighted by Gasteiger charge is -2.13. The van der Waals surface area contributed by atoms with Crippen LogP contribution in [-0.2, 0) is 10.0 Å². The molecule has 0 spiro atoms. The van der Waals surface area contributed by atoms with Crippen LogP contribution in [0.2, 0.25) is 0 Å². The average Bonchev–Trinajstić information content (AvgIpc) is 2.51. The van der Waals surface area contributed by atoms with Crippen LogP contribution >= 0.6 is 11.6 Å². The number of rotatable bonds is 9. The summed E-state index contributed by atoms with van der Waals surface area (Å²) in [5, 5.41) is 3.62. The summed E-state index contributed by atoms with van der Waals surface area (Å²) < 4.78 is 27.0. The Hall–Kier alpha value is -1.33. The van der Waals surface area contributed by atoms with E-state index in [9.17, 15) is 8.42 Å². The lowest BCUT2D eigenvalue weighted by Crippen LogP contribution is -2.25. The fraction of sp³-hybridized carbons (Fsp3) is 0.500. The predicted octanol–water partition coefficient (Wildman–Crippen LogP) is 5.06. The van der Waals surface area contributed by atoms with Gasteiger partial charge in [-0.2, -0.15) is 0 Å². The first kappa shape index (κ1) is 22.7. The Bertz CT molecular complexity index is 657. The number of amidine groups is 1. The van der Waals surface area contributed by atoms with Crippen molar-refractivity contribution in [3.8, 4) is 0 Å². The molecule has 24 heavy (non-hydrogen) atoms. The Morgan fingerprint density at radius 2 is 1.88 bits per heavy atom. The normalized spacial score (nSPS) is 14.8. The third-order valence-electron chi connectivity index (χ3n) is 3.34. The first-order valence-corrected chi connectivity index (χ1v) is 10.3. The number of hydrogen-bond donors (Lipinski definition) is 1. The van der Waals surface area contributed by atoms with Crippen molar-refractivity contribution in [3.05, 3.63) is 46.7 Å². The van der Waals surface area contributed by atoms with Crippen LogP contribution in [0.5, 0.6) is 0 Å². The van der Waals surface area contributed by atoms with E-state index in [1.807, 2.05) is 32.9 Å². The highest BCUT2D eigenvalue weighted by molar-refractivity contribution is 7.89. The maximum Gasteiger partial charge on any atom is 0.252 e. The van der Waals surface area contributed by atoms with Crippen molar-refractivity contribution in [1.29, 1.82) is 0 Å². The van der Waals surface area contributed by atoms with Crippen LogP contribution in [0.15, 0.2) is 51.1 Å². The minimum Gasteiger partial charge on any atom is -0.340 e. The molecule has 0 aliphatic rings. The van der Waals surface area contributed by atoms with Gasteiger partial charge in [0.05, 0.1) is 6.26 Å². The molecule has 0 atom stereocenters. The Kier molecular flexibility index (Phi) is 10.6. The van der Waals surface area contributed by atoms with Gasteiger partial charge in [-0.05, 0) is 50.8 Å². The van der Waals surface area contributed by atoms with Crippen LogP contribution in [0, 0.1) is 0 Å². The second-order valence-corrected chi connectivity index (χ2v) is 7.62. The van der Waals surface area contributed by atoms with E-state index in [1.54, 1.807) is 6.08 Å². The molecule has 0 rings (SSSR count). The van der Waals surface area contributed by atoms with Crippen molar-refractivity contribution < 1.29 is 8.42 Å². The highest BCUT2D eigenvalue weighted by Gasteiger charge is 2.10. The minimum absolute atomic E-state index is 0.264. The van der Waals surface area contributed by atoms with E-state index in [2.05, 4.69) is 23.2 Å². The summed E-state index contributed by atoms with van der Waals surface area (Å²) in [5.74, 6) is 0.264. The zero-order valence-electron chi connectivity index (χ0n) is 15.3. The number of nitrogens with zero attached hydrogens (tertiary/aromatic N) is 1. The number of halogens is 1. The lowest BCUT2D eigenvalue weighted by molar-refractivity contribution is 0.603. The minimum atomic E-state index is -3.53. The molecule has 6 heteroatoms. The molecule has 0 aliphatic heterocycles. The number of nitrogens with one attached hydrogen (secondary N) is 1. The van der Waals surface area contributed by atoms with Gasteiger partial charge in [-0.3, -0.25) is 0 Å². The molecule has 0 bridgehead atoms. The smallest absolute Gasteiger partial charge is 0.252 e. The molecular formula is C18H29ClN2O2S. The predicted molar refractivity (Wildman–Crippen MR) is 106 cm³/mol. The van der Waals surface area contributed by atoms with Crippen molar-refractivity contribution in [2.24, 2.45) is 4.40 Å². The number of sulfonamides is 1. The zero-order valence-corrected chi connectivity index (χ0v) is 16.9. The quantitative estimate of drug-likeness (QED) is 0.266. The lowest BCUT2D eigenvalue weighted by atomic mass is 10.1. The van der Waals surface area contributed by atoms with Gasteiger partial charge < -0.3 is 5.32 Å². The third-order valence-corrected chi connectivity index (χ3v) is 4.26. The summed E-state index contributed by atoms with van der Waals surface area (Å²) in [6, 6.07) is 0. The molecule has 0 amide bonds. The largest absolute Gasteiger partial charge is 0.340 e. The van der Waals surface area contributed by atoms with Crippen molar-refractivity contribution in [3.63, 3.8) is 0 Å². The van der Waals surface area contributed by atoms with Crippen LogP contribution < -0.4 is 5.32 Å². The molecule has 4 nitrogen and oxygen atoms in total. The molecule has 0 aromatic carbocycles. The fourth-order valence-electron chi connectivity index (χ4n) is 1.76. The van der Waals surface area contributed by atoms with E-state index in [0.29, 0.717) is 22.7 Å². The van der Waals surface area contributed by atoms with Crippen LogP contribution in [0.25, 0.3) is 0 Å². The molecule has 0 saturated carbocycles. The van der Waals surface area contributed by atoms with Gasteiger partial charge in [-0.15, -0.1) is 4.40 Å². The van der Waals surface area contributed by atoms with Gasteiger partial charge in [-0.25, -0.2) is 8.42 Å². The van der Waals surface area contributed by atoms with E-state index >= 15 is 0 Å². The molecule has 0 radical (unpaired) electrons. The van der Waals surface area contributed by atoms with Crippen molar-refractivity contribution in [1.82, 2.24) is 5.32 Å². The SMILES string of the molecule is C=C(CCCCC)/C(=N\S(C)(=O)=O)NC(=C/C)/C=C(Cl)\C(C)=C\C. The molecule has 0 saturated heterocycles. The highest BCUT2D eigenvalue weighted by Crippen LogP contribution is 2.16. The molecule has 1 N–H and O–H groups in total. The standard InChI is InChI=1S/C18H29ClN2O2S/c1-7-10-11-12-15(5)18(21-24(6,22)23)20-16(9-3)13-17(19)14(4)8-2/h8-9,13H,5,7,10-12H2,1-4,6H3,(H,20,21)/b14-8+,16-9+,17-13+. The topological polar surface area (TPSA) is 58.5 Å². The summed E-state index contributed by atoms with van der Waals surface area (Å²) in [7, 11) is -3.53. The number of hydrogen-bond acceptors (Lipinski definition) is 2. The summed E-state index contributed by atoms with van der Waals surface area (Å²) in [5.41, 5.74) is 2.27. The Balaban J connectivity index is 5.46. The second-order valence-electron chi connectivity index (χ2n) is 5.57. The van der Waals surface area contributed by atoms with Crippen LogP contribution in [0.3, 0.4) is 0 Å². The third kappa shape index (κ3) is 9.73. The van der Waals surface area contributed by atoms with Gasteiger partial charge >= 0.3 is 0 Å². The van der Waals surface area contributed by atoms with Gasteiger partial charge in [-0.1, -0.05) is 50.1 Å². The van der Waals surface area contributed by atoms with E-state index in [4.69, 9.17) is 11.6 Å². The monoisotopic (exact) mass is 372 g/mol. The first-order chi connectivity index (χ1) is 11.1. The molecule has 0 aliphatic carbocycles. The van der Waals surface area contributed by atoms with E-state index < -0.39 is 10.0 Å². The molecule has 136 valence electrons. The van der Waals surface area contributed by atoms with Gasteiger partial charge in [0.2, 0.25) is 0 Å². The second kappa shape index (κ2) is 11.3. The maximum absolute atomic E-state index is 11.6. The molecule has 0 aromatic rings. The Labute approximate surface area is 152 Å². The molecule has 0 unspecified atom stereocenters. The van der Waals surface area contributed by atoms with Crippen molar-refractivity contribution >= 4 is 27.5 Å². The summed E-state index contributed by atoms with van der Waals surface area (Å²) >= 11 is 6.23. The van der Waals surface area contributed by atoms with E-state index in [0.717, 1.165) is 31.1 Å². The highest BCUT2D eigenvalue weighted by atomic mass is 35.5. The average molecular weight is 373 g/mol. The van der Waals surface area contributed by atoms with E-state index in [-0.39, 0.29) is 5.84 Å². The van der Waals surface area contributed by atoms with Gasteiger partial charge in [0, 0.05) is 10.7 Å². The maximum atomic E-state index is 11.6. The van der Waals surface area contributed by atoms with Crippen LogP contribution in [-0.4, -0.2) is 20.5 Å². The molecule has 0 aromatic heterocycles. The summed E-state index contributed by atoms with van der Waals surface area (Å²) in [4.78, 5) is 0. The molecular weight excluding hydrogens is 344 g/mol. The van der Waals surface area contributed by atoms with Crippen LogP contribution in [0.4, 0.5) is 0 Å². The fourth-order valence-corrected chi connectivity index (χ4v) is 2.50. The zero-order chi connectivity index (χ0) is 18.8. The van der Waals surface area contributed by atoms with Gasteiger partial charge in [0.15, 0.2) is 0 Å². The Morgan fingerprint density at radius 1 is 1.25 bits per heavy atom. The van der Waals surface area contributed by atoms with E-state index in [1.165, 1.54) is 0 Å². The first-order valence-electron chi connectivity index (χ1n) is 8.06. The number of unbranched alkanes of at least 4 members (excludes halogenated alkanes) is 2. The number of allylic oxidation sites excluding steroid dienone is 5. The molecule has 0 fully saturated rings. The van der Waals surface area contributed by atoms with Crippen LogP contribution in [0.1, 0.15) is 53.4 Å². The van der Waals surface area contributed by atoms with Gasteiger partial charge in [0.1, 0.15) is 5.84 Å². The summed E-state index contributed by atoms with van der Waals surface area (Å²) in [6.45, 7) is 11.7. The van der Waals surface area contributed by atoms with Crippen molar-refractivity contribution in [2.75, 3.05) is 6.26 Å².